The molecule has 5 rings (SSSR count). The number of ether oxygens (including phenoxy) is 1. The first-order chi connectivity index (χ1) is 21.0. The molecule has 7 nitrogen and oxygen atoms in total. The minimum Gasteiger partial charge on any atom is -0.410 e. The molecule has 1 saturated heterocycles. The number of imidazole rings is 1. The predicted molar refractivity (Wildman–Crippen MR) is 172 cm³/mol. The molecule has 44 heavy (non-hydrogen) atoms. The molecule has 0 amide bonds. The van der Waals surface area contributed by atoms with E-state index in [2.05, 4.69) is 60.2 Å². The van der Waals surface area contributed by atoms with Gasteiger partial charge in [0, 0.05) is 24.2 Å². The van der Waals surface area contributed by atoms with E-state index in [1.807, 2.05) is 55.1 Å². The van der Waals surface area contributed by atoms with Gasteiger partial charge in [0.05, 0.1) is 36.4 Å². The minimum atomic E-state index is -3.03. The highest BCUT2D eigenvalue weighted by atomic mass is 28.4. The molecule has 0 bridgehead atoms. The maximum atomic E-state index is 16.4. The molecule has 4 aromatic rings. The second-order valence-electron chi connectivity index (χ2n) is 12.5. The molecule has 1 aliphatic heterocycles. The topological polar surface area (TPSA) is 83.0 Å². The van der Waals surface area contributed by atoms with Gasteiger partial charge in [0.1, 0.15) is 11.5 Å². The summed E-state index contributed by atoms with van der Waals surface area (Å²) in [6, 6.07) is 21.9. The normalized spacial score (nSPS) is 18.1. The molecule has 2 N–H and O–H groups in total. The fraction of sp³-hybridized carbons (Fsp3) is 0.353. The first-order valence-corrected chi connectivity index (χ1v) is 16.8. The number of oxime groups is 1. The fourth-order valence-corrected chi connectivity index (χ4v) is 10.9. The van der Waals surface area contributed by atoms with Crippen molar-refractivity contribution in [3.05, 3.63) is 107 Å². The van der Waals surface area contributed by atoms with Gasteiger partial charge in [-0.3, -0.25) is 0 Å². The number of halogens is 2. The van der Waals surface area contributed by atoms with E-state index in [0.29, 0.717) is 24.5 Å². The van der Waals surface area contributed by atoms with Gasteiger partial charge in [-0.15, -0.1) is 0 Å². The molecule has 0 saturated carbocycles. The summed E-state index contributed by atoms with van der Waals surface area (Å²) in [7, 11) is -3.03. The van der Waals surface area contributed by atoms with Crippen LogP contribution in [0.25, 0.3) is 0 Å². The zero-order valence-electron chi connectivity index (χ0n) is 26.1. The number of H-pyrrole nitrogens is 1. The summed E-state index contributed by atoms with van der Waals surface area (Å²) >= 11 is 0. The van der Waals surface area contributed by atoms with Gasteiger partial charge in [0.15, 0.2) is 11.6 Å². The number of rotatable bonds is 8. The molecular formula is C34H40F2N4O3Si. The molecule has 232 valence electrons. The largest absolute Gasteiger partial charge is 0.410 e. The maximum absolute atomic E-state index is 16.4. The van der Waals surface area contributed by atoms with E-state index >= 15 is 8.78 Å². The summed E-state index contributed by atoms with van der Waals surface area (Å²) in [6.07, 6.45) is 1.06. The van der Waals surface area contributed by atoms with Crippen molar-refractivity contribution in [3.8, 4) is 0 Å². The summed E-state index contributed by atoms with van der Waals surface area (Å²) in [5.41, 5.74) is 0.509. The number of hydrogen-bond acceptors (Lipinski definition) is 6. The van der Waals surface area contributed by atoms with Gasteiger partial charge in [-0.25, -0.2) is 13.8 Å². The van der Waals surface area contributed by atoms with Gasteiger partial charge in [0.25, 0.3) is 8.32 Å². The van der Waals surface area contributed by atoms with Crippen LogP contribution >= 0.6 is 0 Å². The highest BCUT2D eigenvalue weighted by Gasteiger charge is 2.50. The van der Waals surface area contributed by atoms with Crippen molar-refractivity contribution in [3.63, 3.8) is 0 Å². The molecule has 3 aromatic carbocycles. The average molecular weight is 619 g/mol. The first kappa shape index (κ1) is 31.6. The number of aryl methyl sites for hydroxylation is 1. The maximum Gasteiger partial charge on any atom is 0.261 e. The van der Waals surface area contributed by atoms with Gasteiger partial charge >= 0.3 is 0 Å². The van der Waals surface area contributed by atoms with Gasteiger partial charge < -0.3 is 24.3 Å². The molecule has 1 aromatic heterocycles. The van der Waals surface area contributed by atoms with Crippen molar-refractivity contribution in [1.82, 2.24) is 9.97 Å². The highest BCUT2D eigenvalue weighted by Crippen LogP contribution is 2.39. The Morgan fingerprint density at radius 3 is 2.07 bits per heavy atom. The third-order valence-electron chi connectivity index (χ3n) is 8.17. The summed E-state index contributed by atoms with van der Waals surface area (Å²) in [6.45, 7) is 12.8. The van der Waals surface area contributed by atoms with Crippen LogP contribution in [0, 0.1) is 18.6 Å². The van der Waals surface area contributed by atoms with Gasteiger partial charge in [-0.05, 0) is 42.2 Å². The molecule has 0 radical (unpaired) electrons. The lowest BCUT2D eigenvalue weighted by Crippen LogP contribution is -2.66. The number of anilines is 1. The summed E-state index contributed by atoms with van der Waals surface area (Å²) in [4.78, 5) is 8.94. The quantitative estimate of drug-likeness (QED) is 0.111. The number of nitrogens with zero attached hydrogens (tertiary/aromatic N) is 3. The van der Waals surface area contributed by atoms with Crippen LogP contribution in [-0.4, -0.2) is 54.5 Å². The number of nitrogens with one attached hydrogen (secondary N) is 1. The minimum absolute atomic E-state index is 0.00630. The van der Waals surface area contributed by atoms with E-state index < -0.39 is 20.0 Å². The van der Waals surface area contributed by atoms with Crippen LogP contribution in [0.15, 0.2) is 78.1 Å². The second kappa shape index (κ2) is 12.6. The molecule has 2 heterocycles. The Labute approximate surface area is 258 Å². The Bertz CT molecular complexity index is 1570. The summed E-state index contributed by atoms with van der Waals surface area (Å²) < 4.78 is 45.5. The molecule has 1 fully saturated rings. The zero-order chi connectivity index (χ0) is 31.6. The van der Waals surface area contributed by atoms with Gasteiger partial charge in [-0.1, -0.05) is 86.6 Å². The Balaban J connectivity index is 1.70. The number of hydrogen-bond donors (Lipinski definition) is 2. The van der Waals surface area contributed by atoms with Crippen LogP contribution in [0.5, 0.6) is 0 Å². The lowest BCUT2D eigenvalue weighted by atomic mass is 10.0. The molecule has 0 aliphatic carbocycles. The highest BCUT2D eigenvalue weighted by molar-refractivity contribution is 6.99. The molecule has 2 atom stereocenters. The number of aromatic nitrogens is 2. The van der Waals surface area contributed by atoms with E-state index in [1.165, 1.54) is 6.20 Å². The van der Waals surface area contributed by atoms with Crippen LogP contribution in [0.2, 0.25) is 5.04 Å². The Morgan fingerprint density at radius 2 is 1.59 bits per heavy atom. The summed E-state index contributed by atoms with van der Waals surface area (Å²) in [5, 5.41) is 15.2. The molecule has 1 aliphatic rings. The van der Waals surface area contributed by atoms with Crippen LogP contribution in [0.4, 0.5) is 14.5 Å². The number of aromatic amines is 1. The lowest BCUT2D eigenvalue weighted by molar-refractivity contribution is -0.00553. The monoisotopic (exact) mass is 618 g/mol. The van der Waals surface area contributed by atoms with Crippen LogP contribution in [0.1, 0.15) is 57.3 Å². The van der Waals surface area contributed by atoms with Crippen molar-refractivity contribution in [2.24, 2.45) is 5.16 Å². The summed E-state index contributed by atoms with van der Waals surface area (Å²) in [5.74, 6) is -1.59. The number of morpholine rings is 1. The number of benzene rings is 3. The Kier molecular flexibility index (Phi) is 9.06. The van der Waals surface area contributed by atoms with Gasteiger partial charge in [-0.2, -0.15) is 0 Å². The van der Waals surface area contributed by atoms with E-state index in [4.69, 9.17) is 9.16 Å². The molecular weight excluding hydrogens is 578 g/mol. The van der Waals surface area contributed by atoms with Crippen molar-refractivity contribution in [2.45, 2.75) is 65.4 Å². The van der Waals surface area contributed by atoms with Crippen molar-refractivity contribution >= 4 is 30.1 Å². The molecule has 0 unspecified atom stereocenters. The molecule has 0 spiro atoms. The van der Waals surface area contributed by atoms with E-state index in [1.54, 1.807) is 13.0 Å². The lowest BCUT2D eigenvalue weighted by Gasteiger charge is -2.43. The van der Waals surface area contributed by atoms with Crippen LogP contribution in [0.3, 0.4) is 0 Å². The first-order valence-electron chi connectivity index (χ1n) is 14.9. The predicted octanol–water partition coefficient (Wildman–Crippen LogP) is 5.91. The van der Waals surface area contributed by atoms with E-state index in [9.17, 15) is 5.21 Å². The Hall–Kier alpha value is -3.86. The molecule has 10 heteroatoms. The third-order valence-corrected chi connectivity index (χ3v) is 13.2. The van der Waals surface area contributed by atoms with Crippen molar-refractivity contribution in [1.29, 1.82) is 0 Å². The smallest absolute Gasteiger partial charge is 0.261 e. The van der Waals surface area contributed by atoms with E-state index in [0.717, 1.165) is 10.4 Å². The third kappa shape index (κ3) is 5.94. The average Bonchev–Trinajstić information content (AvgIpc) is 3.41. The SMILES string of the molecule is Cc1ncc(C(=NO)c2cc(CO[Si](c3ccccc3)(c3ccccc3)C(C)(C)C)c(N3C[C@@H](C)O[C@@H](C)C3)c(F)c2F)[nH]1. The van der Waals surface area contributed by atoms with Crippen molar-refractivity contribution < 1.29 is 23.2 Å². The Morgan fingerprint density at radius 1 is 1.02 bits per heavy atom. The van der Waals surface area contributed by atoms with Crippen LogP contribution in [-0.2, 0) is 15.8 Å². The zero-order valence-corrected chi connectivity index (χ0v) is 27.1. The fourth-order valence-electron chi connectivity index (χ4n) is 6.40. The van der Waals surface area contributed by atoms with Crippen LogP contribution < -0.4 is 15.3 Å². The standard InChI is InChI=1S/C34H40F2N4O3Si/c1-22-19-40(20-23(2)43-22)33-25(17-28(30(35)31(33)36)32(39-41)29-18-37-24(3)38-29)21-42-44(34(4,5)6,26-13-9-7-10-14-26)27-15-11-8-12-16-27/h7-18,22-23,41H,19-21H2,1-6H3,(H,37,38)/t22-,23+. The van der Waals surface area contributed by atoms with E-state index in [-0.39, 0.29) is 46.5 Å². The van der Waals surface area contributed by atoms with Crippen molar-refractivity contribution in [2.75, 3.05) is 18.0 Å². The van der Waals surface area contributed by atoms with Gasteiger partial charge in [0.2, 0.25) is 0 Å². The second-order valence-corrected chi connectivity index (χ2v) is 16.8.